The molecule has 0 N–H and O–H groups in total. The fraction of sp³-hybridized carbons (Fsp3) is 0.111. The lowest BCUT2D eigenvalue weighted by atomic mass is 10.1. The van der Waals surface area contributed by atoms with E-state index in [0.717, 1.165) is 22.3 Å². The number of pyridine rings is 1. The zero-order valence-electron chi connectivity index (χ0n) is 19.3. The van der Waals surface area contributed by atoms with Crippen molar-refractivity contribution in [3.05, 3.63) is 101 Å². The number of methoxy groups -OCH3 is 1. The fourth-order valence-electron chi connectivity index (χ4n) is 3.66. The third-order valence-electron chi connectivity index (χ3n) is 5.48. The summed E-state index contributed by atoms with van der Waals surface area (Å²) in [5, 5.41) is 10.9. The van der Waals surface area contributed by atoms with Crippen molar-refractivity contribution >= 4 is 40.0 Å². The average Bonchev–Trinajstić information content (AvgIpc) is 3.33. The molecule has 3 aromatic carbocycles. The predicted octanol–water partition coefficient (Wildman–Crippen LogP) is 6.03. The van der Waals surface area contributed by atoms with Crippen molar-refractivity contribution in [3.63, 3.8) is 0 Å². The zero-order chi connectivity index (χ0) is 24.9. The summed E-state index contributed by atoms with van der Waals surface area (Å²) in [7, 11) is 1.62. The highest BCUT2D eigenvalue weighted by Crippen LogP contribution is 2.27. The van der Waals surface area contributed by atoms with E-state index in [2.05, 4.69) is 15.2 Å². The average molecular weight is 517 g/mol. The van der Waals surface area contributed by atoms with Crippen LogP contribution in [-0.2, 0) is 6.61 Å². The van der Waals surface area contributed by atoms with Crippen molar-refractivity contribution in [3.8, 4) is 17.2 Å². The van der Waals surface area contributed by atoms with Crippen LogP contribution in [0, 0.1) is 0 Å². The monoisotopic (exact) mass is 516 g/mol. The van der Waals surface area contributed by atoms with Crippen LogP contribution in [0.3, 0.4) is 0 Å². The van der Waals surface area contributed by atoms with Gasteiger partial charge in [0.1, 0.15) is 23.6 Å². The summed E-state index contributed by atoms with van der Waals surface area (Å²) in [5.41, 5.74) is 2.20. The molecule has 0 unspecified atom stereocenters. The molecule has 5 rings (SSSR count). The number of aromatic nitrogens is 4. The van der Waals surface area contributed by atoms with E-state index in [1.807, 2.05) is 59.2 Å². The minimum atomic E-state index is -0.0272. The first-order valence-electron chi connectivity index (χ1n) is 11.1. The van der Waals surface area contributed by atoms with Gasteiger partial charge in [0.15, 0.2) is 16.8 Å². The number of fused-ring (bicyclic) bond motifs is 1. The van der Waals surface area contributed by atoms with Crippen molar-refractivity contribution < 1.29 is 14.3 Å². The molecular weight excluding hydrogens is 496 g/mol. The number of carbonyl (C=O) groups is 1. The summed E-state index contributed by atoms with van der Waals surface area (Å²) >= 11 is 7.26. The van der Waals surface area contributed by atoms with Crippen LogP contribution in [0.2, 0.25) is 5.02 Å². The van der Waals surface area contributed by atoms with Crippen molar-refractivity contribution in [2.75, 3.05) is 12.9 Å². The van der Waals surface area contributed by atoms with E-state index in [1.54, 1.807) is 37.6 Å². The van der Waals surface area contributed by atoms with E-state index in [1.165, 1.54) is 11.8 Å². The number of para-hydroxylation sites is 1. The van der Waals surface area contributed by atoms with E-state index in [0.29, 0.717) is 27.3 Å². The van der Waals surface area contributed by atoms with E-state index >= 15 is 0 Å². The molecule has 9 heteroatoms. The molecule has 0 spiro atoms. The number of rotatable bonds is 9. The second-order valence-electron chi connectivity index (χ2n) is 7.77. The van der Waals surface area contributed by atoms with Gasteiger partial charge in [0.2, 0.25) is 0 Å². The maximum absolute atomic E-state index is 12.7. The first-order chi connectivity index (χ1) is 17.6. The van der Waals surface area contributed by atoms with Gasteiger partial charge in [0.05, 0.1) is 12.9 Å². The Hall–Kier alpha value is -3.88. The number of halogens is 1. The number of Topliss-reactive ketones (excluding diaryl/α,β-unsaturated/α-hetero) is 1. The summed E-state index contributed by atoms with van der Waals surface area (Å²) in [6.07, 6.45) is 1.74. The van der Waals surface area contributed by atoms with Gasteiger partial charge in [-0.3, -0.25) is 14.3 Å². The van der Waals surface area contributed by atoms with Crippen LogP contribution in [0.1, 0.15) is 16.2 Å². The number of ketones is 1. The number of ether oxygens (including phenoxy) is 2. The molecule has 0 aliphatic carbocycles. The topological polar surface area (TPSA) is 79.1 Å². The largest absolute Gasteiger partial charge is 0.497 e. The maximum Gasteiger partial charge on any atom is 0.196 e. The van der Waals surface area contributed by atoms with E-state index in [4.69, 9.17) is 21.1 Å². The Morgan fingerprint density at radius 2 is 1.75 bits per heavy atom. The minimum absolute atomic E-state index is 0.0272. The third-order valence-corrected chi connectivity index (χ3v) is 6.66. The fourth-order valence-corrected chi connectivity index (χ4v) is 4.65. The van der Waals surface area contributed by atoms with Crippen LogP contribution in [-0.4, -0.2) is 38.4 Å². The molecule has 0 radical (unpaired) electrons. The number of nitrogens with zero attached hydrogens (tertiary/aromatic N) is 4. The number of hydrogen-bond donors (Lipinski definition) is 0. The number of thioether (sulfide) groups is 1. The normalized spacial score (nSPS) is 10.9. The van der Waals surface area contributed by atoms with Gasteiger partial charge in [0, 0.05) is 27.9 Å². The molecule has 0 amide bonds. The molecule has 0 atom stereocenters. The molecule has 7 nitrogen and oxygen atoms in total. The highest BCUT2D eigenvalue weighted by molar-refractivity contribution is 7.99. The molecule has 0 fully saturated rings. The minimum Gasteiger partial charge on any atom is -0.497 e. The molecule has 0 saturated carbocycles. The van der Waals surface area contributed by atoms with Crippen molar-refractivity contribution in [2.45, 2.75) is 11.8 Å². The molecule has 5 aromatic rings. The molecule has 36 heavy (non-hydrogen) atoms. The molecule has 0 aliphatic heterocycles. The summed E-state index contributed by atoms with van der Waals surface area (Å²) in [4.78, 5) is 17.2. The highest BCUT2D eigenvalue weighted by Gasteiger charge is 2.18. The second-order valence-corrected chi connectivity index (χ2v) is 9.15. The van der Waals surface area contributed by atoms with Crippen LogP contribution >= 0.6 is 23.4 Å². The van der Waals surface area contributed by atoms with Gasteiger partial charge in [0.25, 0.3) is 0 Å². The molecule has 2 aromatic heterocycles. The van der Waals surface area contributed by atoms with Gasteiger partial charge < -0.3 is 9.47 Å². The second kappa shape index (κ2) is 10.8. The van der Waals surface area contributed by atoms with Crippen molar-refractivity contribution in [1.29, 1.82) is 0 Å². The van der Waals surface area contributed by atoms with Crippen molar-refractivity contribution in [1.82, 2.24) is 19.7 Å². The standard InChI is InChI=1S/C27H21ClN4O3S/c1-34-22-13-11-21(12-14-22)32-25(16-35-24-6-2-4-19-5-3-15-29-26(19)24)30-31-27(32)36-17-23(33)18-7-9-20(28)10-8-18/h2-15H,16-17H2,1H3. The Morgan fingerprint density at radius 3 is 2.53 bits per heavy atom. The third kappa shape index (κ3) is 5.19. The van der Waals surface area contributed by atoms with Crippen LogP contribution in [0.25, 0.3) is 16.6 Å². The zero-order valence-corrected chi connectivity index (χ0v) is 20.9. The van der Waals surface area contributed by atoms with E-state index in [9.17, 15) is 4.79 Å². The Morgan fingerprint density at radius 1 is 0.972 bits per heavy atom. The summed E-state index contributed by atoms with van der Waals surface area (Å²) in [6.45, 7) is 0.167. The summed E-state index contributed by atoms with van der Waals surface area (Å²) in [5.74, 6) is 2.16. The maximum atomic E-state index is 12.7. The molecular formula is C27H21ClN4O3S. The Balaban J connectivity index is 1.41. The number of hydrogen-bond acceptors (Lipinski definition) is 7. The quantitative estimate of drug-likeness (QED) is 0.175. The van der Waals surface area contributed by atoms with Crippen LogP contribution < -0.4 is 9.47 Å². The van der Waals surface area contributed by atoms with Crippen LogP contribution in [0.5, 0.6) is 11.5 Å². The lowest BCUT2D eigenvalue weighted by Crippen LogP contribution is -2.08. The smallest absolute Gasteiger partial charge is 0.196 e. The predicted molar refractivity (Wildman–Crippen MR) is 140 cm³/mol. The highest BCUT2D eigenvalue weighted by atomic mass is 35.5. The first-order valence-corrected chi connectivity index (χ1v) is 12.5. The first kappa shape index (κ1) is 23.8. The summed E-state index contributed by atoms with van der Waals surface area (Å²) in [6, 6.07) is 24.1. The Kier molecular flexibility index (Phi) is 7.16. The molecule has 2 heterocycles. The van der Waals surface area contributed by atoms with Gasteiger partial charge in [-0.1, -0.05) is 41.6 Å². The lowest BCUT2D eigenvalue weighted by Gasteiger charge is -2.12. The van der Waals surface area contributed by atoms with Gasteiger partial charge in [-0.2, -0.15) is 0 Å². The Bertz CT molecular complexity index is 1500. The van der Waals surface area contributed by atoms with Gasteiger partial charge >= 0.3 is 0 Å². The molecule has 0 saturated heterocycles. The van der Waals surface area contributed by atoms with E-state index < -0.39 is 0 Å². The van der Waals surface area contributed by atoms with Gasteiger partial charge in [-0.25, -0.2) is 0 Å². The van der Waals surface area contributed by atoms with Crippen LogP contribution in [0.15, 0.2) is 90.2 Å². The van der Waals surface area contributed by atoms with Crippen molar-refractivity contribution in [2.24, 2.45) is 0 Å². The lowest BCUT2D eigenvalue weighted by molar-refractivity contribution is 0.102. The molecule has 180 valence electrons. The Labute approximate surface area is 217 Å². The number of benzene rings is 3. The SMILES string of the molecule is COc1ccc(-n2c(COc3cccc4cccnc34)nnc2SCC(=O)c2ccc(Cl)cc2)cc1. The summed E-state index contributed by atoms with van der Waals surface area (Å²) < 4.78 is 13.3. The number of carbonyl (C=O) groups excluding carboxylic acids is 1. The molecule has 0 aliphatic rings. The van der Waals surface area contributed by atoms with Gasteiger partial charge in [-0.15, -0.1) is 10.2 Å². The van der Waals surface area contributed by atoms with Crippen LogP contribution in [0.4, 0.5) is 0 Å². The molecule has 0 bridgehead atoms. The van der Waals surface area contributed by atoms with Gasteiger partial charge in [-0.05, 0) is 60.7 Å². The van der Waals surface area contributed by atoms with E-state index in [-0.39, 0.29) is 18.1 Å².